The third-order valence-corrected chi connectivity index (χ3v) is 2.99. The van der Waals surface area contributed by atoms with Crippen molar-refractivity contribution in [3.8, 4) is 0 Å². The molecule has 0 saturated heterocycles. The van der Waals surface area contributed by atoms with Crippen LogP contribution in [-0.2, 0) is 11.2 Å². The number of hydrazone groups is 1. The maximum atomic E-state index is 11.2. The van der Waals surface area contributed by atoms with Crippen LogP contribution in [0.5, 0.6) is 0 Å². The number of nitrogens with one attached hydrogen (secondary N) is 1. The van der Waals surface area contributed by atoms with E-state index in [-0.39, 0.29) is 11.8 Å². The van der Waals surface area contributed by atoms with Crippen molar-refractivity contribution in [3.05, 3.63) is 29.3 Å². The Bertz CT molecular complexity index is 479. The first-order chi connectivity index (χ1) is 7.24. The van der Waals surface area contributed by atoms with E-state index in [4.69, 9.17) is 5.73 Å². The van der Waals surface area contributed by atoms with Gasteiger partial charge in [-0.2, -0.15) is 5.10 Å². The summed E-state index contributed by atoms with van der Waals surface area (Å²) in [5, 5.41) is 4.12. The lowest BCUT2D eigenvalue weighted by atomic mass is 9.99. The molecule has 0 saturated carbocycles. The van der Waals surface area contributed by atoms with Gasteiger partial charge < -0.3 is 5.73 Å². The normalized spacial score (nSPS) is 22.8. The van der Waals surface area contributed by atoms with Crippen LogP contribution in [-0.4, -0.2) is 11.6 Å². The van der Waals surface area contributed by atoms with Crippen LogP contribution < -0.4 is 11.2 Å². The molecule has 1 aromatic carbocycles. The van der Waals surface area contributed by atoms with Crippen LogP contribution in [0.25, 0.3) is 0 Å². The molecule has 15 heavy (non-hydrogen) atoms. The highest BCUT2D eigenvalue weighted by Crippen LogP contribution is 2.32. The number of carbonyl (C=O) groups excluding carboxylic acids is 1. The maximum Gasteiger partial charge on any atom is 0.240 e. The van der Waals surface area contributed by atoms with Gasteiger partial charge >= 0.3 is 0 Å². The molecular weight excluding hydrogens is 190 g/mol. The smallest absolute Gasteiger partial charge is 0.240 e. The molecule has 1 heterocycles. The standard InChI is InChI=1S/C11H11N3O/c12-8-1-2-9-6(4-8)3-7-5-10(15)13-14-11(7)9/h1-2,4,7H,3,5,12H2,(H,13,15)/t7-/m0/s1. The van der Waals surface area contributed by atoms with Crippen LogP contribution in [0.4, 0.5) is 5.69 Å². The highest BCUT2D eigenvalue weighted by molar-refractivity contribution is 6.09. The Hall–Kier alpha value is -1.84. The Morgan fingerprint density at radius 2 is 2.27 bits per heavy atom. The van der Waals surface area contributed by atoms with Gasteiger partial charge in [-0.15, -0.1) is 0 Å². The molecule has 4 nitrogen and oxygen atoms in total. The minimum atomic E-state index is 0.00419. The van der Waals surface area contributed by atoms with E-state index >= 15 is 0 Å². The summed E-state index contributed by atoms with van der Waals surface area (Å²) in [5.74, 6) is 0.250. The number of anilines is 1. The molecule has 76 valence electrons. The lowest BCUT2D eigenvalue weighted by Crippen LogP contribution is -2.31. The van der Waals surface area contributed by atoms with Crippen LogP contribution in [0.1, 0.15) is 17.5 Å². The Labute approximate surface area is 87.2 Å². The zero-order valence-electron chi connectivity index (χ0n) is 8.16. The predicted molar refractivity (Wildman–Crippen MR) is 57.3 cm³/mol. The first kappa shape index (κ1) is 8.47. The molecule has 0 bridgehead atoms. The Kier molecular flexibility index (Phi) is 1.59. The predicted octanol–water partition coefficient (Wildman–Crippen LogP) is 0.665. The van der Waals surface area contributed by atoms with Gasteiger partial charge in [0.15, 0.2) is 0 Å². The summed E-state index contributed by atoms with van der Waals surface area (Å²) in [6.45, 7) is 0. The number of nitrogen functional groups attached to an aromatic ring is 1. The van der Waals surface area contributed by atoms with Crippen LogP contribution >= 0.6 is 0 Å². The Morgan fingerprint density at radius 1 is 1.40 bits per heavy atom. The molecule has 1 amide bonds. The second-order valence-corrected chi connectivity index (χ2v) is 4.05. The van der Waals surface area contributed by atoms with Crippen molar-refractivity contribution in [1.29, 1.82) is 0 Å². The Morgan fingerprint density at radius 3 is 3.13 bits per heavy atom. The molecule has 1 aliphatic carbocycles. The van der Waals surface area contributed by atoms with Gasteiger partial charge in [-0.25, -0.2) is 5.43 Å². The number of hydrogen-bond donors (Lipinski definition) is 2. The third-order valence-electron chi connectivity index (χ3n) is 2.99. The minimum absolute atomic E-state index is 0.00419. The van der Waals surface area contributed by atoms with Crippen molar-refractivity contribution in [3.63, 3.8) is 0 Å². The Balaban J connectivity index is 2.09. The number of rotatable bonds is 0. The number of nitrogens with zero attached hydrogens (tertiary/aromatic N) is 1. The number of hydrogen-bond acceptors (Lipinski definition) is 3. The maximum absolute atomic E-state index is 11.2. The average molecular weight is 201 g/mol. The molecule has 1 aliphatic heterocycles. The van der Waals surface area contributed by atoms with E-state index in [1.165, 1.54) is 5.56 Å². The van der Waals surface area contributed by atoms with E-state index < -0.39 is 0 Å². The number of amides is 1. The summed E-state index contributed by atoms with van der Waals surface area (Å²) >= 11 is 0. The van der Waals surface area contributed by atoms with Crippen molar-refractivity contribution >= 4 is 17.3 Å². The second kappa shape index (κ2) is 2.82. The molecular formula is C11H11N3O. The zero-order valence-corrected chi connectivity index (χ0v) is 8.16. The molecule has 1 atom stereocenters. The average Bonchev–Trinajstić information content (AvgIpc) is 2.53. The van der Waals surface area contributed by atoms with Crippen molar-refractivity contribution in [2.24, 2.45) is 11.0 Å². The number of nitrogens with two attached hydrogens (primary N) is 1. The summed E-state index contributed by atoms with van der Waals surface area (Å²) in [6, 6.07) is 5.84. The van der Waals surface area contributed by atoms with Gasteiger partial charge in [-0.05, 0) is 24.1 Å². The molecule has 2 aliphatic rings. The van der Waals surface area contributed by atoms with Crippen molar-refractivity contribution in [2.45, 2.75) is 12.8 Å². The summed E-state index contributed by atoms with van der Waals surface area (Å²) in [6.07, 6.45) is 1.42. The molecule has 0 fully saturated rings. The molecule has 3 rings (SSSR count). The fourth-order valence-corrected chi connectivity index (χ4v) is 2.33. The fraction of sp³-hybridized carbons (Fsp3) is 0.273. The SMILES string of the molecule is Nc1ccc2c(c1)C[C@H]1CC(=O)NN=C21. The van der Waals surface area contributed by atoms with E-state index in [9.17, 15) is 4.79 Å². The molecule has 4 heteroatoms. The quantitative estimate of drug-likeness (QED) is 0.606. The van der Waals surface area contributed by atoms with Crippen molar-refractivity contribution < 1.29 is 4.79 Å². The summed E-state index contributed by atoms with van der Waals surface area (Å²) in [4.78, 5) is 11.2. The van der Waals surface area contributed by atoms with Gasteiger partial charge in [-0.3, -0.25) is 4.79 Å². The summed E-state index contributed by atoms with van der Waals surface area (Å²) in [7, 11) is 0. The lowest BCUT2D eigenvalue weighted by molar-refractivity contribution is -0.121. The van der Waals surface area contributed by atoms with E-state index in [2.05, 4.69) is 10.5 Å². The summed E-state index contributed by atoms with van der Waals surface area (Å²) < 4.78 is 0. The molecule has 0 aromatic heterocycles. The number of benzene rings is 1. The van der Waals surface area contributed by atoms with Gasteiger partial charge in [0.1, 0.15) is 0 Å². The van der Waals surface area contributed by atoms with Gasteiger partial charge in [0.05, 0.1) is 5.71 Å². The molecule has 1 aromatic rings. The molecule has 3 N–H and O–H groups in total. The van der Waals surface area contributed by atoms with E-state index in [1.807, 2.05) is 18.2 Å². The fourth-order valence-electron chi connectivity index (χ4n) is 2.33. The third kappa shape index (κ3) is 1.21. The van der Waals surface area contributed by atoms with Gasteiger partial charge in [0.2, 0.25) is 5.91 Å². The highest BCUT2D eigenvalue weighted by Gasteiger charge is 2.32. The number of fused-ring (bicyclic) bond motifs is 3. The van der Waals surface area contributed by atoms with Crippen LogP contribution in [0, 0.1) is 5.92 Å². The minimum Gasteiger partial charge on any atom is -0.399 e. The number of carbonyl (C=O) groups is 1. The topological polar surface area (TPSA) is 67.5 Å². The first-order valence-corrected chi connectivity index (χ1v) is 4.99. The van der Waals surface area contributed by atoms with Crippen LogP contribution in [0.15, 0.2) is 23.3 Å². The van der Waals surface area contributed by atoms with E-state index in [0.29, 0.717) is 6.42 Å². The van der Waals surface area contributed by atoms with E-state index in [0.717, 1.165) is 23.4 Å². The molecule has 0 unspecified atom stereocenters. The zero-order chi connectivity index (χ0) is 10.4. The molecule has 0 radical (unpaired) electrons. The van der Waals surface area contributed by atoms with E-state index in [1.54, 1.807) is 0 Å². The van der Waals surface area contributed by atoms with Crippen molar-refractivity contribution in [2.75, 3.05) is 5.73 Å². The largest absolute Gasteiger partial charge is 0.399 e. The van der Waals surface area contributed by atoms with Crippen LogP contribution in [0.2, 0.25) is 0 Å². The van der Waals surface area contributed by atoms with Gasteiger partial charge in [0.25, 0.3) is 0 Å². The summed E-state index contributed by atoms with van der Waals surface area (Å²) in [5.41, 5.74) is 12.4. The first-order valence-electron chi connectivity index (χ1n) is 4.99. The highest BCUT2D eigenvalue weighted by atomic mass is 16.2. The molecule has 0 spiro atoms. The second-order valence-electron chi connectivity index (χ2n) is 4.05. The van der Waals surface area contributed by atoms with Crippen LogP contribution in [0.3, 0.4) is 0 Å². The lowest BCUT2D eigenvalue weighted by Gasteiger charge is -2.15. The monoisotopic (exact) mass is 201 g/mol. The van der Waals surface area contributed by atoms with Gasteiger partial charge in [-0.1, -0.05) is 6.07 Å². The van der Waals surface area contributed by atoms with Gasteiger partial charge in [0, 0.05) is 23.6 Å². The van der Waals surface area contributed by atoms with Crippen molar-refractivity contribution in [1.82, 2.24) is 5.43 Å².